The summed E-state index contributed by atoms with van der Waals surface area (Å²) in [5, 5.41) is 8.92. The Kier molecular flexibility index (Phi) is 4.77. The molecule has 1 saturated heterocycles. The Balaban J connectivity index is 2.20. The number of hydrogen-bond acceptors (Lipinski definition) is 3. The lowest BCUT2D eigenvalue weighted by Crippen LogP contribution is -2.49. The predicted octanol–water partition coefficient (Wildman–Crippen LogP) is 2.07. The smallest absolute Gasteiger partial charge is 0.305 e. The highest BCUT2D eigenvalue weighted by atomic mass is 79.9. The molecule has 1 aliphatic heterocycles. The van der Waals surface area contributed by atoms with E-state index in [9.17, 15) is 9.59 Å². The number of carbonyl (C=O) groups excluding carboxylic acids is 1. The molecule has 0 bridgehead atoms. The summed E-state index contributed by atoms with van der Waals surface area (Å²) in [5.74, 6) is -1.08. The van der Waals surface area contributed by atoms with Crippen molar-refractivity contribution >= 4 is 27.8 Å². The van der Waals surface area contributed by atoms with Crippen molar-refractivity contribution in [3.05, 3.63) is 33.8 Å². The van der Waals surface area contributed by atoms with Crippen LogP contribution in [-0.4, -0.2) is 47.7 Å². The Hall–Kier alpha value is -1.40. The second-order valence-corrected chi connectivity index (χ2v) is 5.64. The van der Waals surface area contributed by atoms with Crippen LogP contribution < -0.4 is 0 Å². The van der Waals surface area contributed by atoms with E-state index in [0.29, 0.717) is 18.7 Å². The Morgan fingerprint density at radius 1 is 1.50 bits per heavy atom. The van der Waals surface area contributed by atoms with Crippen molar-refractivity contribution < 1.29 is 19.4 Å². The van der Waals surface area contributed by atoms with Gasteiger partial charge in [0.25, 0.3) is 5.91 Å². The number of morpholine rings is 1. The first kappa shape index (κ1) is 15.0. The van der Waals surface area contributed by atoms with E-state index in [2.05, 4.69) is 15.9 Å². The number of carboxylic acids is 1. The number of aryl methyl sites for hydroxylation is 1. The minimum absolute atomic E-state index is 0.0984. The van der Waals surface area contributed by atoms with Crippen LogP contribution in [-0.2, 0) is 9.53 Å². The molecule has 0 saturated carbocycles. The van der Waals surface area contributed by atoms with Gasteiger partial charge in [0.1, 0.15) is 0 Å². The summed E-state index contributed by atoms with van der Waals surface area (Å²) in [5.41, 5.74) is 1.60. The highest BCUT2D eigenvalue weighted by Crippen LogP contribution is 2.21. The number of halogens is 1. The van der Waals surface area contributed by atoms with E-state index in [1.807, 2.05) is 13.0 Å². The molecule has 2 rings (SSSR count). The van der Waals surface area contributed by atoms with Gasteiger partial charge in [0.15, 0.2) is 0 Å². The van der Waals surface area contributed by atoms with Crippen molar-refractivity contribution in [2.24, 2.45) is 0 Å². The fourth-order valence-electron chi connectivity index (χ4n) is 2.18. The molecule has 1 aliphatic rings. The van der Waals surface area contributed by atoms with E-state index >= 15 is 0 Å². The molecule has 0 radical (unpaired) electrons. The minimum atomic E-state index is -0.927. The van der Waals surface area contributed by atoms with Crippen LogP contribution in [0.2, 0.25) is 0 Å². The van der Waals surface area contributed by atoms with Crippen LogP contribution in [0.5, 0.6) is 0 Å². The molecule has 20 heavy (non-hydrogen) atoms. The van der Waals surface area contributed by atoms with E-state index in [0.717, 1.165) is 10.0 Å². The Morgan fingerprint density at radius 3 is 2.90 bits per heavy atom. The van der Waals surface area contributed by atoms with Crippen LogP contribution in [0.25, 0.3) is 0 Å². The monoisotopic (exact) mass is 341 g/mol. The van der Waals surface area contributed by atoms with Gasteiger partial charge in [-0.15, -0.1) is 0 Å². The quantitative estimate of drug-likeness (QED) is 0.913. The Morgan fingerprint density at radius 2 is 2.25 bits per heavy atom. The van der Waals surface area contributed by atoms with E-state index in [1.165, 1.54) is 0 Å². The lowest BCUT2D eigenvalue weighted by atomic mass is 10.1. The van der Waals surface area contributed by atoms with Gasteiger partial charge in [-0.2, -0.15) is 0 Å². The summed E-state index contributed by atoms with van der Waals surface area (Å²) >= 11 is 3.40. The third-order valence-corrected chi connectivity index (χ3v) is 4.17. The Bertz CT molecular complexity index is 532. The van der Waals surface area contributed by atoms with Gasteiger partial charge >= 0.3 is 5.97 Å². The molecule has 0 spiro atoms. The highest BCUT2D eigenvalue weighted by Gasteiger charge is 2.29. The normalized spacial score (nSPS) is 18.9. The van der Waals surface area contributed by atoms with Gasteiger partial charge in [0, 0.05) is 16.6 Å². The van der Waals surface area contributed by atoms with Crippen LogP contribution in [0.4, 0.5) is 0 Å². The zero-order valence-electron chi connectivity index (χ0n) is 11.1. The van der Waals surface area contributed by atoms with Crippen LogP contribution in [0.15, 0.2) is 22.7 Å². The van der Waals surface area contributed by atoms with E-state index < -0.39 is 12.0 Å². The molecule has 5 nitrogen and oxygen atoms in total. The van der Waals surface area contributed by atoms with Crippen LogP contribution in [0.1, 0.15) is 22.3 Å². The molecule has 0 aliphatic carbocycles. The maximum absolute atomic E-state index is 12.5. The van der Waals surface area contributed by atoms with Gasteiger partial charge < -0.3 is 14.7 Å². The molecule has 1 N–H and O–H groups in total. The summed E-state index contributed by atoms with van der Waals surface area (Å²) in [6.45, 7) is 3.07. The molecule has 108 valence electrons. The summed E-state index contributed by atoms with van der Waals surface area (Å²) in [6, 6.07) is 4.98. The maximum atomic E-state index is 12.5. The molecule has 1 amide bonds. The van der Waals surface area contributed by atoms with Crippen molar-refractivity contribution in [1.29, 1.82) is 0 Å². The summed E-state index contributed by atoms with van der Waals surface area (Å²) < 4.78 is 6.14. The van der Waals surface area contributed by atoms with Gasteiger partial charge in [0.2, 0.25) is 0 Å². The lowest BCUT2D eigenvalue weighted by Gasteiger charge is -2.35. The van der Waals surface area contributed by atoms with E-state index in [4.69, 9.17) is 9.84 Å². The summed E-state index contributed by atoms with van der Waals surface area (Å²) in [6.07, 6.45) is -0.0984. The first-order valence-corrected chi connectivity index (χ1v) is 7.15. The number of rotatable bonds is 3. The average molecular weight is 342 g/mol. The molecule has 1 unspecified atom stereocenters. The van der Waals surface area contributed by atoms with Crippen molar-refractivity contribution in [2.75, 3.05) is 19.8 Å². The molecular formula is C14H16BrNO4. The fraction of sp³-hybridized carbons (Fsp3) is 0.429. The number of nitrogens with zero attached hydrogens (tertiary/aromatic N) is 1. The minimum Gasteiger partial charge on any atom is -0.481 e. The predicted molar refractivity (Wildman–Crippen MR) is 76.8 cm³/mol. The zero-order chi connectivity index (χ0) is 14.7. The molecular weight excluding hydrogens is 326 g/mol. The van der Waals surface area contributed by atoms with Crippen LogP contribution in [0.3, 0.4) is 0 Å². The number of amides is 1. The second kappa shape index (κ2) is 6.37. The molecule has 1 aromatic rings. The Labute approximate surface area is 125 Å². The van der Waals surface area contributed by atoms with Crippen molar-refractivity contribution in [1.82, 2.24) is 4.90 Å². The molecule has 1 atom stereocenters. The van der Waals surface area contributed by atoms with Crippen molar-refractivity contribution in [3.8, 4) is 0 Å². The van der Waals surface area contributed by atoms with E-state index in [1.54, 1.807) is 17.0 Å². The number of ether oxygens (including phenoxy) is 1. The third kappa shape index (κ3) is 3.37. The van der Waals surface area contributed by atoms with Crippen LogP contribution in [0, 0.1) is 6.92 Å². The standard InChI is InChI=1S/C14H16BrNO4/c1-9-2-3-10(6-12(9)15)14(19)16-4-5-20-8-11(16)7-13(17)18/h2-3,6,11H,4-5,7-8H2,1H3,(H,17,18). The molecule has 0 aromatic heterocycles. The van der Waals surface area contributed by atoms with Crippen molar-refractivity contribution in [3.63, 3.8) is 0 Å². The number of carbonyl (C=O) groups is 2. The number of carboxylic acid groups (broad SMARTS) is 1. The molecule has 1 aromatic carbocycles. The van der Waals surface area contributed by atoms with Gasteiger partial charge in [-0.05, 0) is 24.6 Å². The van der Waals surface area contributed by atoms with Gasteiger partial charge in [0.05, 0.1) is 25.7 Å². The van der Waals surface area contributed by atoms with E-state index in [-0.39, 0.29) is 18.9 Å². The second-order valence-electron chi connectivity index (χ2n) is 4.79. The van der Waals surface area contributed by atoms with Gasteiger partial charge in [-0.25, -0.2) is 0 Å². The first-order chi connectivity index (χ1) is 9.49. The van der Waals surface area contributed by atoms with Gasteiger partial charge in [-0.3, -0.25) is 9.59 Å². The largest absolute Gasteiger partial charge is 0.481 e. The SMILES string of the molecule is Cc1ccc(C(=O)N2CCOCC2CC(=O)O)cc1Br. The first-order valence-electron chi connectivity index (χ1n) is 6.35. The highest BCUT2D eigenvalue weighted by molar-refractivity contribution is 9.10. The summed E-state index contributed by atoms with van der Waals surface area (Å²) in [4.78, 5) is 25.0. The van der Waals surface area contributed by atoms with Crippen molar-refractivity contribution in [2.45, 2.75) is 19.4 Å². The summed E-state index contributed by atoms with van der Waals surface area (Å²) in [7, 11) is 0. The number of hydrogen-bond donors (Lipinski definition) is 1. The lowest BCUT2D eigenvalue weighted by molar-refractivity contribution is -0.139. The topological polar surface area (TPSA) is 66.8 Å². The maximum Gasteiger partial charge on any atom is 0.305 e. The van der Waals surface area contributed by atoms with Crippen LogP contribution >= 0.6 is 15.9 Å². The molecule has 1 fully saturated rings. The average Bonchev–Trinajstić information content (AvgIpc) is 2.41. The number of benzene rings is 1. The molecule has 6 heteroatoms. The van der Waals surface area contributed by atoms with Gasteiger partial charge in [-0.1, -0.05) is 22.0 Å². The zero-order valence-corrected chi connectivity index (χ0v) is 12.7. The number of aliphatic carboxylic acids is 1. The fourth-order valence-corrected chi connectivity index (χ4v) is 2.56. The third-order valence-electron chi connectivity index (χ3n) is 3.32. The molecule has 1 heterocycles.